The van der Waals surface area contributed by atoms with Crippen molar-refractivity contribution in [1.82, 2.24) is 20.3 Å². The maximum atomic E-state index is 9.00. The van der Waals surface area contributed by atoms with Crippen molar-refractivity contribution in [2.75, 3.05) is 32.1 Å². The third kappa shape index (κ3) is 8.09. The number of rotatable bonds is 11. The first-order chi connectivity index (χ1) is 19.4. The van der Waals surface area contributed by atoms with Crippen LogP contribution in [-0.2, 0) is 22.6 Å². The van der Waals surface area contributed by atoms with Crippen LogP contribution in [0.25, 0.3) is 20.3 Å². The molecular formula is C29H30ClN5O4S. The fourth-order valence-electron chi connectivity index (χ4n) is 3.90. The number of fused-ring (bicyclic) bond motifs is 3. The van der Waals surface area contributed by atoms with Crippen LogP contribution >= 0.6 is 22.9 Å². The summed E-state index contributed by atoms with van der Waals surface area (Å²) in [5.41, 5.74) is 2.95. The van der Waals surface area contributed by atoms with Gasteiger partial charge in [-0.05, 0) is 54.9 Å². The molecule has 5 aromatic rings. The highest BCUT2D eigenvalue weighted by Gasteiger charge is 2.13. The van der Waals surface area contributed by atoms with Crippen molar-refractivity contribution < 1.29 is 19.4 Å². The van der Waals surface area contributed by atoms with Gasteiger partial charge in [-0.15, -0.1) is 11.3 Å². The molecule has 0 saturated heterocycles. The number of carboxylic acid groups (broad SMARTS) is 1. The number of aliphatic carboxylic acids is 1. The van der Waals surface area contributed by atoms with Gasteiger partial charge in [-0.2, -0.15) is 0 Å². The molecule has 5 rings (SSSR count). The Balaban J connectivity index is 0.000000867. The van der Waals surface area contributed by atoms with E-state index in [4.69, 9.17) is 31.0 Å². The number of pyridine rings is 1. The second-order valence-corrected chi connectivity index (χ2v) is 10.2. The molecule has 0 radical (unpaired) electrons. The first-order valence-corrected chi connectivity index (χ1v) is 13.8. The van der Waals surface area contributed by atoms with Crippen LogP contribution in [0.4, 0.5) is 11.5 Å². The second kappa shape index (κ2) is 14.5. The lowest BCUT2D eigenvalue weighted by Crippen LogP contribution is -2.21. The topological polar surface area (TPSA) is 118 Å². The third-order valence-corrected chi connectivity index (χ3v) is 7.06. The zero-order chi connectivity index (χ0) is 28.3. The van der Waals surface area contributed by atoms with E-state index in [-0.39, 0.29) is 0 Å². The summed E-state index contributed by atoms with van der Waals surface area (Å²) in [4.78, 5) is 23.3. The number of hydrogen-bond donors (Lipinski definition) is 3. The van der Waals surface area contributed by atoms with E-state index < -0.39 is 5.97 Å². The molecule has 3 heterocycles. The zero-order valence-corrected chi connectivity index (χ0v) is 23.8. The van der Waals surface area contributed by atoms with Crippen LogP contribution in [0.2, 0.25) is 5.02 Å². The normalized spacial score (nSPS) is 10.8. The number of thiophene rings is 1. The number of benzene rings is 2. The Morgan fingerprint density at radius 3 is 2.67 bits per heavy atom. The Labute approximate surface area is 241 Å². The van der Waals surface area contributed by atoms with Crippen molar-refractivity contribution in [2.24, 2.45) is 0 Å². The molecule has 0 bridgehead atoms. The average Bonchev–Trinajstić information content (AvgIpc) is 3.31. The van der Waals surface area contributed by atoms with Crippen LogP contribution in [0.5, 0.6) is 5.75 Å². The van der Waals surface area contributed by atoms with E-state index in [1.54, 1.807) is 31.0 Å². The Morgan fingerprint density at radius 2 is 1.93 bits per heavy atom. The molecule has 0 aliphatic heterocycles. The molecule has 3 N–H and O–H groups in total. The fourth-order valence-corrected chi connectivity index (χ4v) is 5.24. The minimum Gasteiger partial charge on any atom is -0.486 e. The summed E-state index contributed by atoms with van der Waals surface area (Å²) in [7, 11) is 1.71. The lowest BCUT2D eigenvalue weighted by molar-refractivity contribution is -0.134. The van der Waals surface area contributed by atoms with Crippen LogP contribution in [0.3, 0.4) is 0 Å². The Morgan fingerprint density at radius 1 is 1.07 bits per heavy atom. The molecule has 208 valence electrons. The maximum Gasteiger partial charge on any atom is 0.300 e. The largest absolute Gasteiger partial charge is 0.486 e. The number of methoxy groups -OCH3 is 1. The van der Waals surface area contributed by atoms with E-state index in [0.717, 1.165) is 65.8 Å². The van der Waals surface area contributed by atoms with Gasteiger partial charge in [0.15, 0.2) is 0 Å². The van der Waals surface area contributed by atoms with Gasteiger partial charge in [-0.3, -0.25) is 9.78 Å². The summed E-state index contributed by atoms with van der Waals surface area (Å²) in [6.45, 7) is 3.92. The molecule has 0 atom stereocenters. The van der Waals surface area contributed by atoms with Crippen LogP contribution in [-0.4, -0.2) is 52.8 Å². The standard InChI is InChI=1S/C27H26ClN5O2S.C2H4O2/c1-34-13-12-29-11-9-18-5-7-21-24(14-18)36-27-25(21)26(31-17-32-27)33-19-6-8-23(22(28)15-19)35-16-20-4-2-3-10-30-20;1-2(3)4/h2-8,10,14-15,17,29H,9,11-13,16H2,1H3,(H,31,32,33);1H3,(H,3,4). The quantitative estimate of drug-likeness (QED) is 0.160. The molecule has 11 heteroatoms. The third-order valence-electron chi connectivity index (χ3n) is 5.70. The van der Waals surface area contributed by atoms with E-state index in [1.165, 1.54) is 10.3 Å². The van der Waals surface area contributed by atoms with Gasteiger partial charge in [0.1, 0.15) is 29.3 Å². The fraction of sp³-hybridized carbons (Fsp3) is 0.241. The maximum absolute atomic E-state index is 9.00. The highest BCUT2D eigenvalue weighted by atomic mass is 35.5. The highest BCUT2D eigenvalue weighted by molar-refractivity contribution is 7.25. The predicted octanol–water partition coefficient (Wildman–Crippen LogP) is 6.08. The molecule has 2 aromatic carbocycles. The molecule has 0 aliphatic rings. The van der Waals surface area contributed by atoms with E-state index in [1.807, 2.05) is 36.4 Å². The van der Waals surface area contributed by atoms with E-state index in [0.29, 0.717) is 17.4 Å². The molecule has 0 fully saturated rings. The number of carbonyl (C=O) groups is 1. The van der Waals surface area contributed by atoms with Crippen molar-refractivity contribution in [3.63, 3.8) is 0 Å². The average molecular weight is 580 g/mol. The second-order valence-electron chi connectivity index (χ2n) is 8.73. The van der Waals surface area contributed by atoms with Crippen LogP contribution in [0, 0.1) is 0 Å². The number of nitrogens with zero attached hydrogens (tertiary/aromatic N) is 3. The summed E-state index contributed by atoms with van der Waals surface area (Å²) in [6, 6.07) is 17.9. The molecule has 0 spiro atoms. The van der Waals surface area contributed by atoms with Crippen LogP contribution < -0.4 is 15.4 Å². The summed E-state index contributed by atoms with van der Waals surface area (Å²) < 4.78 is 12.1. The first-order valence-electron chi connectivity index (χ1n) is 12.6. The minimum atomic E-state index is -0.833. The predicted molar refractivity (Wildman–Crippen MR) is 160 cm³/mol. The van der Waals surface area contributed by atoms with Crippen molar-refractivity contribution in [2.45, 2.75) is 20.0 Å². The number of anilines is 2. The van der Waals surface area contributed by atoms with E-state index in [2.05, 4.69) is 43.8 Å². The van der Waals surface area contributed by atoms with Crippen molar-refractivity contribution in [3.8, 4) is 5.75 Å². The number of carboxylic acids is 1. The van der Waals surface area contributed by atoms with Crippen molar-refractivity contribution in [1.29, 1.82) is 0 Å². The molecule has 40 heavy (non-hydrogen) atoms. The van der Waals surface area contributed by atoms with Gasteiger partial charge in [-0.1, -0.05) is 29.8 Å². The molecule has 3 aromatic heterocycles. The summed E-state index contributed by atoms with van der Waals surface area (Å²) >= 11 is 8.19. The molecular weight excluding hydrogens is 550 g/mol. The SMILES string of the molecule is CC(=O)O.COCCNCCc1ccc2c(c1)sc1ncnc(Nc3ccc(OCc4ccccn4)c(Cl)c3)c12. The van der Waals surface area contributed by atoms with Gasteiger partial charge >= 0.3 is 0 Å². The molecule has 0 unspecified atom stereocenters. The summed E-state index contributed by atoms with van der Waals surface area (Å²) in [5.74, 6) is 0.518. The lowest BCUT2D eigenvalue weighted by Gasteiger charge is -2.11. The van der Waals surface area contributed by atoms with Crippen LogP contribution in [0.15, 0.2) is 67.1 Å². The smallest absolute Gasteiger partial charge is 0.300 e. The van der Waals surface area contributed by atoms with Gasteiger partial charge < -0.3 is 25.2 Å². The van der Waals surface area contributed by atoms with Crippen molar-refractivity contribution in [3.05, 3.63) is 83.4 Å². The molecule has 0 aliphatic carbocycles. The summed E-state index contributed by atoms with van der Waals surface area (Å²) in [6.07, 6.45) is 4.29. The van der Waals surface area contributed by atoms with Gasteiger partial charge in [-0.25, -0.2) is 9.97 Å². The Kier molecular flexibility index (Phi) is 10.6. The highest BCUT2D eigenvalue weighted by Crippen LogP contribution is 2.38. The Hall–Kier alpha value is -3.83. The van der Waals surface area contributed by atoms with Gasteiger partial charge in [0, 0.05) is 42.5 Å². The van der Waals surface area contributed by atoms with Crippen LogP contribution in [0.1, 0.15) is 18.2 Å². The van der Waals surface area contributed by atoms with E-state index >= 15 is 0 Å². The number of halogens is 1. The number of aromatic nitrogens is 3. The number of hydrogen-bond acceptors (Lipinski definition) is 9. The lowest BCUT2D eigenvalue weighted by atomic mass is 10.1. The monoisotopic (exact) mass is 579 g/mol. The van der Waals surface area contributed by atoms with Crippen molar-refractivity contribution >= 4 is 60.7 Å². The number of nitrogens with one attached hydrogen (secondary N) is 2. The minimum absolute atomic E-state index is 0.353. The van der Waals surface area contributed by atoms with Gasteiger partial charge in [0.2, 0.25) is 0 Å². The van der Waals surface area contributed by atoms with Gasteiger partial charge in [0.05, 0.1) is 22.7 Å². The number of ether oxygens (including phenoxy) is 2. The zero-order valence-electron chi connectivity index (χ0n) is 22.2. The molecule has 0 saturated carbocycles. The Bertz CT molecular complexity index is 1560. The molecule has 0 amide bonds. The molecule has 9 nitrogen and oxygen atoms in total. The van der Waals surface area contributed by atoms with E-state index in [9.17, 15) is 0 Å². The first kappa shape index (κ1) is 29.2. The van der Waals surface area contributed by atoms with Gasteiger partial charge in [0.25, 0.3) is 5.97 Å². The summed E-state index contributed by atoms with van der Waals surface area (Å²) in [5, 5.41) is 16.9.